The summed E-state index contributed by atoms with van der Waals surface area (Å²) in [6.45, 7) is 5.46. The first-order valence-corrected chi connectivity index (χ1v) is 9.26. The molecule has 0 atom stereocenters. The van der Waals surface area contributed by atoms with E-state index in [2.05, 4.69) is 15.2 Å². The van der Waals surface area contributed by atoms with Gasteiger partial charge in [0.25, 0.3) is 0 Å². The Morgan fingerprint density at radius 1 is 1.11 bits per heavy atom. The molecule has 0 bridgehead atoms. The Morgan fingerprint density at radius 2 is 1.85 bits per heavy atom. The number of nitrogens with one attached hydrogen (secondary N) is 1. The fourth-order valence-electron chi connectivity index (χ4n) is 2.94. The Hall–Kier alpha value is -2.73. The lowest BCUT2D eigenvalue weighted by molar-refractivity contribution is -0.121. The van der Waals surface area contributed by atoms with Crippen LogP contribution in [0, 0.1) is 6.92 Å². The summed E-state index contributed by atoms with van der Waals surface area (Å²) in [5.74, 6) is 0.767. The summed E-state index contributed by atoms with van der Waals surface area (Å²) in [4.78, 5) is 30.8. The summed E-state index contributed by atoms with van der Waals surface area (Å²) in [5.41, 5.74) is 2.75. The third kappa shape index (κ3) is 5.62. The number of morpholine rings is 1. The van der Waals surface area contributed by atoms with Crippen molar-refractivity contribution in [1.29, 1.82) is 0 Å². The van der Waals surface area contributed by atoms with Crippen molar-refractivity contribution < 1.29 is 14.3 Å². The second-order valence-electron chi connectivity index (χ2n) is 6.69. The minimum absolute atomic E-state index is 0.0105. The number of aromatic nitrogens is 1. The van der Waals surface area contributed by atoms with Gasteiger partial charge in [0.15, 0.2) is 5.78 Å². The van der Waals surface area contributed by atoms with E-state index in [0.29, 0.717) is 25.3 Å². The highest BCUT2D eigenvalue weighted by molar-refractivity contribution is 5.97. The molecule has 1 aromatic heterocycles. The van der Waals surface area contributed by atoms with Crippen LogP contribution in [-0.4, -0.2) is 43.0 Å². The maximum Gasteiger partial charge on any atom is 0.220 e. The molecule has 1 N–H and O–H groups in total. The highest BCUT2D eigenvalue weighted by Gasteiger charge is 2.13. The molecule has 0 radical (unpaired) electrons. The van der Waals surface area contributed by atoms with Crippen molar-refractivity contribution in [3.05, 3.63) is 59.3 Å². The quantitative estimate of drug-likeness (QED) is 0.762. The Kier molecular flexibility index (Phi) is 6.54. The number of rotatable bonds is 7. The van der Waals surface area contributed by atoms with Gasteiger partial charge < -0.3 is 15.0 Å². The van der Waals surface area contributed by atoms with Crippen LogP contribution in [0.2, 0.25) is 0 Å². The van der Waals surface area contributed by atoms with E-state index in [1.165, 1.54) is 0 Å². The van der Waals surface area contributed by atoms with Crippen LogP contribution in [0.15, 0.2) is 42.6 Å². The molecule has 142 valence electrons. The fraction of sp³-hybridized carbons (Fsp3) is 0.381. The predicted octanol–water partition coefficient (Wildman–Crippen LogP) is 2.51. The van der Waals surface area contributed by atoms with Crippen LogP contribution in [0.5, 0.6) is 0 Å². The van der Waals surface area contributed by atoms with Gasteiger partial charge in [-0.25, -0.2) is 4.98 Å². The predicted molar refractivity (Wildman–Crippen MR) is 104 cm³/mol. The van der Waals surface area contributed by atoms with Gasteiger partial charge in [-0.15, -0.1) is 0 Å². The number of hydrogen-bond acceptors (Lipinski definition) is 5. The molecule has 0 spiro atoms. The van der Waals surface area contributed by atoms with Crippen LogP contribution in [-0.2, 0) is 16.1 Å². The highest BCUT2D eigenvalue weighted by atomic mass is 16.5. The van der Waals surface area contributed by atoms with E-state index >= 15 is 0 Å². The molecule has 3 rings (SSSR count). The van der Waals surface area contributed by atoms with Gasteiger partial charge >= 0.3 is 0 Å². The van der Waals surface area contributed by atoms with Crippen molar-refractivity contribution in [1.82, 2.24) is 10.3 Å². The van der Waals surface area contributed by atoms with Gasteiger partial charge in [-0.2, -0.15) is 0 Å². The van der Waals surface area contributed by atoms with Gasteiger partial charge in [0.1, 0.15) is 5.82 Å². The Labute approximate surface area is 159 Å². The van der Waals surface area contributed by atoms with Gasteiger partial charge in [-0.3, -0.25) is 9.59 Å². The first-order chi connectivity index (χ1) is 13.1. The number of carbonyl (C=O) groups excluding carboxylic acids is 2. The van der Waals surface area contributed by atoms with E-state index in [0.717, 1.165) is 30.0 Å². The lowest BCUT2D eigenvalue weighted by Crippen LogP contribution is -2.36. The first-order valence-electron chi connectivity index (χ1n) is 9.26. The number of Topliss-reactive ketones (excluding diaryl/α,β-unsaturated/α-hetero) is 1. The van der Waals surface area contributed by atoms with Gasteiger partial charge in [-0.05, 0) is 24.6 Å². The normalized spacial score (nSPS) is 14.0. The molecule has 1 aliphatic heterocycles. The molecule has 0 unspecified atom stereocenters. The first kappa shape index (κ1) is 19.0. The van der Waals surface area contributed by atoms with Gasteiger partial charge in [0, 0.05) is 44.2 Å². The van der Waals surface area contributed by atoms with Crippen LogP contribution in [0.3, 0.4) is 0 Å². The van der Waals surface area contributed by atoms with E-state index in [1.54, 1.807) is 18.3 Å². The molecule has 6 nitrogen and oxygen atoms in total. The van der Waals surface area contributed by atoms with E-state index in [1.807, 2.05) is 31.2 Å². The smallest absolute Gasteiger partial charge is 0.220 e. The molecule has 27 heavy (non-hydrogen) atoms. The summed E-state index contributed by atoms with van der Waals surface area (Å²) in [7, 11) is 0. The molecule has 1 aliphatic rings. The Balaban J connectivity index is 1.46. The molecule has 1 amide bonds. The maximum atomic E-state index is 12.2. The van der Waals surface area contributed by atoms with Crippen molar-refractivity contribution in [2.75, 3.05) is 31.2 Å². The molecule has 1 aromatic carbocycles. The maximum absolute atomic E-state index is 12.2. The zero-order valence-electron chi connectivity index (χ0n) is 15.6. The summed E-state index contributed by atoms with van der Waals surface area (Å²) in [6.07, 6.45) is 2.16. The lowest BCUT2D eigenvalue weighted by atomic mass is 10.0. The number of ketones is 1. The summed E-state index contributed by atoms with van der Waals surface area (Å²) in [6, 6.07) is 11.3. The molecule has 1 saturated heterocycles. The topological polar surface area (TPSA) is 71.5 Å². The van der Waals surface area contributed by atoms with E-state index < -0.39 is 0 Å². The van der Waals surface area contributed by atoms with Crippen molar-refractivity contribution in [3.8, 4) is 0 Å². The van der Waals surface area contributed by atoms with Crippen LogP contribution in [0.1, 0.15) is 34.3 Å². The van der Waals surface area contributed by atoms with Gasteiger partial charge in [0.05, 0.1) is 13.2 Å². The van der Waals surface area contributed by atoms with Gasteiger partial charge in [-0.1, -0.05) is 29.8 Å². The Morgan fingerprint density at radius 3 is 2.59 bits per heavy atom. The summed E-state index contributed by atoms with van der Waals surface area (Å²) < 4.78 is 5.36. The number of ether oxygens (including phenoxy) is 1. The largest absolute Gasteiger partial charge is 0.378 e. The van der Waals surface area contributed by atoms with Crippen LogP contribution < -0.4 is 10.2 Å². The van der Waals surface area contributed by atoms with E-state index in [-0.39, 0.29) is 24.5 Å². The van der Waals surface area contributed by atoms with Crippen LogP contribution in [0.25, 0.3) is 0 Å². The standard InChI is InChI=1S/C21H25N3O3/c1-16-2-4-18(5-3-16)19(25)6-7-21(26)23-15-17-8-9-22-20(14-17)24-10-12-27-13-11-24/h2-5,8-9,14H,6-7,10-13,15H2,1H3,(H,23,26). The number of pyridine rings is 1. The number of anilines is 1. The van der Waals surface area contributed by atoms with Crippen LogP contribution >= 0.6 is 0 Å². The lowest BCUT2D eigenvalue weighted by Gasteiger charge is -2.28. The Bertz CT molecular complexity index is 784. The monoisotopic (exact) mass is 367 g/mol. The molecule has 6 heteroatoms. The summed E-state index contributed by atoms with van der Waals surface area (Å²) >= 11 is 0. The van der Waals surface area contributed by atoms with Crippen molar-refractivity contribution in [2.24, 2.45) is 0 Å². The number of aryl methyl sites for hydroxylation is 1. The molecular formula is C21H25N3O3. The second kappa shape index (κ2) is 9.28. The van der Waals surface area contributed by atoms with Gasteiger partial charge in [0.2, 0.25) is 5.91 Å². The van der Waals surface area contributed by atoms with Crippen molar-refractivity contribution >= 4 is 17.5 Å². The minimum Gasteiger partial charge on any atom is -0.378 e. The average Bonchev–Trinajstić information content (AvgIpc) is 2.72. The number of hydrogen-bond donors (Lipinski definition) is 1. The van der Waals surface area contributed by atoms with E-state index in [9.17, 15) is 9.59 Å². The SMILES string of the molecule is Cc1ccc(C(=O)CCC(=O)NCc2ccnc(N3CCOCC3)c2)cc1. The minimum atomic E-state index is -0.125. The van der Waals surface area contributed by atoms with Crippen molar-refractivity contribution in [3.63, 3.8) is 0 Å². The number of amides is 1. The molecule has 2 heterocycles. The van der Waals surface area contributed by atoms with Crippen LogP contribution in [0.4, 0.5) is 5.82 Å². The molecular weight excluding hydrogens is 342 g/mol. The average molecular weight is 367 g/mol. The number of benzene rings is 1. The number of nitrogens with zero attached hydrogens (tertiary/aromatic N) is 2. The third-order valence-electron chi connectivity index (χ3n) is 4.59. The second-order valence-corrected chi connectivity index (χ2v) is 6.69. The highest BCUT2D eigenvalue weighted by Crippen LogP contribution is 2.14. The third-order valence-corrected chi connectivity index (χ3v) is 4.59. The summed E-state index contributed by atoms with van der Waals surface area (Å²) in [5, 5.41) is 2.88. The zero-order chi connectivity index (χ0) is 19.1. The molecule has 0 saturated carbocycles. The zero-order valence-corrected chi connectivity index (χ0v) is 15.6. The molecule has 0 aliphatic carbocycles. The van der Waals surface area contributed by atoms with Crippen molar-refractivity contribution in [2.45, 2.75) is 26.3 Å². The number of carbonyl (C=O) groups is 2. The molecule has 1 fully saturated rings. The van der Waals surface area contributed by atoms with E-state index in [4.69, 9.17) is 4.74 Å². The fourth-order valence-corrected chi connectivity index (χ4v) is 2.94. The molecule has 2 aromatic rings.